The molecule has 0 amide bonds. The molecule has 26 heavy (non-hydrogen) atoms. The van der Waals surface area contributed by atoms with E-state index in [-0.39, 0.29) is 22.7 Å². The zero-order valence-electron chi connectivity index (χ0n) is 14.8. The Kier molecular flexibility index (Phi) is 3.68. The van der Waals surface area contributed by atoms with Gasteiger partial charge in [0.25, 0.3) is 0 Å². The number of rotatable bonds is 1. The summed E-state index contributed by atoms with van der Waals surface area (Å²) in [6, 6.07) is 12.1. The quantitative estimate of drug-likeness (QED) is 0.576. The van der Waals surface area contributed by atoms with Gasteiger partial charge in [-0.25, -0.2) is 0 Å². The average molecular weight is 350 g/mol. The summed E-state index contributed by atoms with van der Waals surface area (Å²) in [6.07, 6.45) is 1.25. The molecule has 0 fully saturated rings. The first-order valence-electron chi connectivity index (χ1n) is 8.75. The highest BCUT2D eigenvalue weighted by molar-refractivity contribution is 6.01. The number of fused-ring (bicyclic) bond motifs is 1. The van der Waals surface area contributed by atoms with Crippen molar-refractivity contribution in [3.8, 4) is 11.5 Å². The number of benzene rings is 2. The van der Waals surface area contributed by atoms with E-state index in [1.165, 1.54) is 12.1 Å². The molecule has 1 aliphatic heterocycles. The molecular formula is C21H22N2O3. The number of aromatic hydroxyl groups is 2. The van der Waals surface area contributed by atoms with Crippen LogP contribution in [0.4, 0.5) is 11.4 Å². The van der Waals surface area contributed by atoms with Crippen LogP contribution in [0.1, 0.15) is 38.3 Å². The van der Waals surface area contributed by atoms with Crippen molar-refractivity contribution >= 4 is 17.2 Å². The molecule has 2 aromatic rings. The molecule has 2 aliphatic rings. The maximum absolute atomic E-state index is 13.0. The summed E-state index contributed by atoms with van der Waals surface area (Å²) in [6.45, 7) is 4.20. The van der Waals surface area contributed by atoms with Crippen LogP contribution >= 0.6 is 0 Å². The third-order valence-corrected chi connectivity index (χ3v) is 5.05. The number of hydrogen-bond acceptors (Lipinski definition) is 5. The monoisotopic (exact) mass is 350 g/mol. The molecule has 0 radical (unpaired) electrons. The molecule has 5 nitrogen and oxygen atoms in total. The van der Waals surface area contributed by atoms with Gasteiger partial charge in [-0.1, -0.05) is 32.0 Å². The number of carbonyl (C=O) groups excluding carboxylic acids is 1. The van der Waals surface area contributed by atoms with E-state index in [9.17, 15) is 15.0 Å². The van der Waals surface area contributed by atoms with E-state index in [0.29, 0.717) is 12.0 Å². The molecule has 5 heteroatoms. The number of Topliss-reactive ketones (excluding diaryl/α,β-unsaturated/α-hetero) is 1. The smallest absolute Gasteiger partial charge is 0.163 e. The molecule has 134 valence electrons. The van der Waals surface area contributed by atoms with Crippen LogP contribution in [0.3, 0.4) is 0 Å². The first kappa shape index (κ1) is 16.5. The fourth-order valence-electron chi connectivity index (χ4n) is 3.86. The lowest BCUT2D eigenvalue weighted by molar-refractivity contribution is -0.118. The standard InChI is InChI=1S/C21H22N2O3/c1-21(2)10-15-19(18(26)11-21)20(12-7-8-16(24)17(25)9-12)23-14-6-4-3-5-13(14)22-15/h3-9,20,22-25H,10-11H2,1-2H3/t20-/m1/s1. The molecular weight excluding hydrogens is 328 g/mol. The zero-order chi connectivity index (χ0) is 18.5. The SMILES string of the molecule is CC1(C)CC(=O)C2=C(C1)Nc1ccccc1N[C@@H]2c1ccc(O)c(O)c1. The maximum atomic E-state index is 13.0. The summed E-state index contributed by atoms with van der Waals surface area (Å²) in [5.41, 5.74) is 4.07. The van der Waals surface area contributed by atoms with Crippen LogP contribution in [-0.4, -0.2) is 16.0 Å². The Hall–Kier alpha value is -2.95. The molecule has 4 N–H and O–H groups in total. The fraction of sp³-hybridized carbons (Fsp3) is 0.286. The molecule has 0 unspecified atom stereocenters. The molecule has 0 spiro atoms. The maximum Gasteiger partial charge on any atom is 0.163 e. The summed E-state index contributed by atoms with van der Waals surface area (Å²) >= 11 is 0. The second kappa shape index (κ2) is 5.80. The van der Waals surface area contributed by atoms with Crippen LogP contribution in [0, 0.1) is 5.41 Å². The van der Waals surface area contributed by atoms with Gasteiger partial charge in [0.15, 0.2) is 17.3 Å². The third-order valence-electron chi connectivity index (χ3n) is 5.05. The van der Waals surface area contributed by atoms with Crippen LogP contribution in [0.5, 0.6) is 11.5 Å². The number of carbonyl (C=O) groups is 1. The predicted octanol–water partition coefficient (Wildman–Crippen LogP) is 4.32. The van der Waals surface area contributed by atoms with Crippen LogP contribution in [0.25, 0.3) is 0 Å². The molecule has 2 aromatic carbocycles. The number of nitrogens with one attached hydrogen (secondary N) is 2. The Morgan fingerprint density at radius 1 is 1.00 bits per heavy atom. The summed E-state index contributed by atoms with van der Waals surface area (Å²) in [4.78, 5) is 13.0. The van der Waals surface area contributed by atoms with Crippen molar-refractivity contribution in [3.63, 3.8) is 0 Å². The Balaban J connectivity index is 1.89. The van der Waals surface area contributed by atoms with E-state index in [4.69, 9.17) is 0 Å². The van der Waals surface area contributed by atoms with E-state index in [0.717, 1.165) is 29.1 Å². The number of phenolic OH excluding ortho intramolecular Hbond substituents is 2. The van der Waals surface area contributed by atoms with Crippen molar-refractivity contribution in [2.45, 2.75) is 32.7 Å². The topological polar surface area (TPSA) is 81.6 Å². The van der Waals surface area contributed by atoms with Crippen LogP contribution in [0.2, 0.25) is 0 Å². The molecule has 0 bridgehead atoms. The number of hydrogen-bond donors (Lipinski definition) is 4. The molecule has 0 saturated carbocycles. The lowest BCUT2D eigenvalue weighted by atomic mass is 9.73. The van der Waals surface area contributed by atoms with E-state index in [1.54, 1.807) is 6.07 Å². The first-order chi connectivity index (χ1) is 12.3. The lowest BCUT2D eigenvalue weighted by Gasteiger charge is -2.34. The van der Waals surface area contributed by atoms with Gasteiger partial charge in [0.05, 0.1) is 17.4 Å². The Bertz CT molecular complexity index is 931. The number of allylic oxidation sites excluding steroid dienone is 1. The highest BCUT2D eigenvalue weighted by atomic mass is 16.3. The second-order valence-corrected chi connectivity index (χ2v) is 7.83. The Labute approximate surface area is 152 Å². The molecule has 1 heterocycles. The highest BCUT2D eigenvalue weighted by Crippen LogP contribution is 2.46. The molecule has 0 saturated heterocycles. The minimum atomic E-state index is -0.392. The lowest BCUT2D eigenvalue weighted by Crippen LogP contribution is -2.31. The summed E-state index contributed by atoms with van der Waals surface area (Å²) in [5, 5.41) is 26.5. The summed E-state index contributed by atoms with van der Waals surface area (Å²) in [7, 11) is 0. The van der Waals surface area contributed by atoms with Crippen molar-refractivity contribution in [2.24, 2.45) is 5.41 Å². The van der Waals surface area contributed by atoms with E-state index in [1.807, 2.05) is 24.3 Å². The van der Waals surface area contributed by atoms with Gasteiger partial charge in [0.2, 0.25) is 0 Å². The van der Waals surface area contributed by atoms with Gasteiger partial charge in [-0.2, -0.15) is 0 Å². The Morgan fingerprint density at radius 2 is 1.73 bits per heavy atom. The van der Waals surface area contributed by atoms with Crippen LogP contribution < -0.4 is 10.6 Å². The van der Waals surface area contributed by atoms with Crippen LogP contribution in [-0.2, 0) is 4.79 Å². The minimum absolute atomic E-state index is 0.0987. The van der Waals surface area contributed by atoms with Gasteiger partial charge < -0.3 is 20.8 Å². The zero-order valence-corrected chi connectivity index (χ0v) is 14.8. The summed E-state index contributed by atoms with van der Waals surface area (Å²) in [5.74, 6) is -0.270. The van der Waals surface area contributed by atoms with Crippen LogP contribution in [0.15, 0.2) is 53.7 Å². The van der Waals surface area contributed by atoms with Gasteiger partial charge in [-0.05, 0) is 41.7 Å². The first-order valence-corrected chi connectivity index (χ1v) is 8.75. The van der Waals surface area contributed by atoms with Crippen molar-refractivity contribution < 1.29 is 15.0 Å². The molecule has 4 rings (SSSR count). The number of phenols is 2. The van der Waals surface area contributed by atoms with Gasteiger partial charge in [0.1, 0.15) is 0 Å². The van der Waals surface area contributed by atoms with E-state index in [2.05, 4.69) is 24.5 Å². The number of ketones is 1. The van der Waals surface area contributed by atoms with Crippen molar-refractivity contribution in [2.75, 3.05) is 10.6 Å². The third kappa shape index (κ3) is 2.79. The van der Waals surface area contributed by atoms with Crippen molar-refractivity contribution in [1.29, 1.82) is 0 Å². The minimum Gasteiger partial charge on any atom is -0.504 e. The van der Waals surface area contributed by atoms with Gasteiger partial charge >= 0.3 is 0 Å². The normalized spacial score (nSPS) is 21.2. The van der Waals surface area contributed by atoms with Crippen molar-refractivity contribution in [1.82, 2.24) is 0 Å². The van der Waals surface area contributed by atoms with E-state index < -0.39 is 6.04 Å². The Morgan fingerprint density at radius 3 is 2.46 bits per heavy atom. The van der Waals surface area contributed by atoms with Crippen molar-refractivity contribution in [3.05, 3.63) is 59.3 Å². The number of para-hydroxylation sites is 2. The number of anilines is 2. The largest absolute Gasteiger partial charge is 0.504 e. The second-order valence-electron chi connectivity index (χ2n) is 7.83. The summed E-state index contributed by atoms with van der Waals surface area (Å²) < 4.78 is 0. The van der Waals surface area contributed by atoms with E-state index >= 15 is 0 Å². The molecule has 1 atom stereocenters. The fourth-order valence-corrected chi connectivity index (χ4v) is 3.86. The average Bonchev–Trinajstić information content (AvgIpc) is 2.72. The molecule has 1 aliphatic carbocycles. The predicted molar refractivity (Wildman–Crippen MR) is 101 cm³/mol. The molecule has 0 aromatic heterocycles. The highest BCUT2D eigenvalue weighted by Gasteiger charge is 2.38. The van der Waals surface area contributed by atoms with Gasteiger partial charge in [0, 0.05) is 17.7 Å². The van der Waals surface area contributed by atoms with Gasteiger partial charge in [-0.3, -0.25) is 4.79 Å². The van der Waals surface area contributed by atoms with Gasteiger partial charge in [-0.15, -0.1) is 0 Å².